The topological polar surface area (TPSA) is 0 Å². The van der Waals surface area contributed by atoms with Gasteiger partial charge in [0.25, 0.3) is 0 Å². The summed E-state index contributed by atoms with van der Waals surface area (Å²) in [4.78, 5) is 0. The predicted molar refractivity (Wildman–Crippen MR) is 76.3 cm³/mol. The summed E-state index contributed by atoms with van der Waals surface area (Å²) in [5.74, 6) is 2.96. The van der Waals surface area contributed by atoms with E-state index in [4.69, 9.17) is 0 Å². The minimum atomic E-state index is 0.608. The van der Waals surface area contributed by atoms with Gasteiger partial charge in [0.05, 0.1) is 0 Å². The first-order valence-electron chi connectivity index (χ1n) is 8.17. The second kappa shape index (κ2) is 3.99. The van der Waals surface area contributed by atoms with Gasteiger partial charge in [-0.2, -0.15) is 0 Å². The molecule has 0 heterocycles. The van der Waals surface area contributed by atoms with Crippen LogP contribution in [0.5, 0.6) is 0 Å². The molecular formula is C18H26. The van der Waals surface area contributed by atoms with Gasteiger partial charge in [-0.1, -0.05) is 30.2 Å². The van der Waals surface area contributed by atoms with Gasteiger partial charge in [0.15, 0.2) is 0 Å². The average Bonchev–Trinajstić information content (AvgIpc) is 2.80. The number of fused-ring (bicyclic) bond motifs is 5. The van der Waals surface area contributed by atoms with Crippen LogP contribution in [0.4, 0.5) is 0 Å². The molecule has 0 aromatic carbocycles. The molecule has 0 unspecified atom stereocenters. The van der Waals surface area contributed by atoms with E-state index in [1.807, 2.05) is 11.1 Å². The molecule has 0 aromatic heterocycles. The first-order chi connectivity index (χ1) is 8.78. The van der Waals surface area contributed by atoms with Crippen LogP contribution in [-0.4, -0.2) is 0 Å². The molecule has 18 heavy (non-hydrogen) atoms. The van der Waals surface area contributed by atoms with E-state index in [9.17, 15) is 0 Å². The van der Waals surface area contributed by atoms with Gasteiger partial charge in [-0.25, -0.2) is 0 Å². The van der Waals surface area contributed by atoms with Crippen LogP contribution in [0.25, 0.3) is 0 Å². The molecule has 0 radical (unpaired) electrons. The van der Waals surface area contributed by atoms with Crippen molar-refractivity contribution in [1.29, 1.82) is 0 Å². The fourth-order valence-corrected chi connectivity index (χ4v) is 5.63. The molecule has 4 aliphatic rings. The molecule has 98 valence electrons. The maximum absolute atomic E-state index is 2.63. The maximum atomic E-state index is 2.63. The monoisotopic (exact) mass is 242 g/mol. The zero-order valence-electron chi connectivity index (χ0n) is 11.8. The van der Waals surface area contributed by atoms with Gasteiger partial charge in [0.1, 0.15) is 0 Å². The number of allylic oxidation sites excluding steroid dienone is 4. The van der Waals surface area contributed by atoms with Crippen molar-refractivity contribution in [3.05, 3.63) is 23.3 Å². The normalized spacial score (nSPS) is 46.6. The van der Waals surface area contributed by atoms with Crippen LogP contribution in [0.3, 0.4) is 0 Å². The minimum Gasteiger partial charge on any atom is -0.0850 e. The summed E-state index contributed by atoms with van der Waals surface area (Å²) in [6, 6.07) is 0. The van der Waals surface area contributed by atoms with E-state index in [1.165, 1.54) is 57.8 Å². The Morgan fingerprint density at radius 3 is 2.89 bits per heavy atom. The lowest BCUT2D eigenvalue weighted by Gasteiger charge is -2.50. The Kier molecular flexibility index (Phi) is 2.51. The predicted octanol–water partition coefficient (Wildman–Crippen LogP) is 5.26. The summed E-state index contributed by atoms with van der Waals surface area (Å²) in [5.41, 5.74) is 4.35. The van der Waals surface area contributed by atoms with Crippen molar-refractivity contribution in [2.24, 2.45) is 23.2 Å². The highest BCUT2D eigenvalue weighted by Gasteiger charge is 2.48. The third-order valence-electron chi connectivity index (χ3n) is 6.57. The molecule has 0 aromatic rings. The van der Waals surface area contributed by atoms with E-state index in [2.05, 4.69) is 19.1 Å². The van der Waals surface area contributed by atoms with Crippen molar-refractivity contribution in [2.45, 2.75) is 64.7 Å². The van der Waals surface area contributed by atoms with E-state index in [1.54, 1.807) is 0 Å². The number of hydrogen-bond donors (Lipinski definition) is 0. The van der Waals surface area contributed by atoms with Crippen LogP contribution in [0, 0.1) is 23.2 Å². The summed E-state index contributed by atoms with van der Waals surface area (Å²) in [7, 11) is 0. The number of hydrogen-bond acceptors (Lipinski definition) is 0. The highest BCUT2D eigenvalue weighted by molar-refractivity contribution is 5.29. The third-order valence-corrected chi connectivity index (χ3v) is 6.57. The summed E-state index contributed by atoms with van der Waals surface area (Å²) >= 11 is 0. The second-order valence-corrected chi connectivity index (χ2v) is 7.42. The van der Waals surface area contributed by atoms with Crippen LogP contribution >= 0.6 is 0 Å². The summed E-state index contributed by atoms with van der Waals surface area (Å²) in [6.07, 6.45) is 18.2. The van der Waals surface area contributed by atoms with Crippen LogP contribution in [-0.2, 0) is 0 Å². The second-order valence-electron chi connectivity index (χ2n) is 7.42. The molecule has 0 heteroatoms. The fraction of sp³-hybridized carbons (Fsp3) is 0.778. The first kappa shape index (κ1) is 11.3. The van der Waals surface area contributed by atoms with Crippen LogP contribution in [0.15, 0.2) is 23.3 Å². The largest absolute Gasteiger partial charge is 0.0850 e. The smallest absolute Gasteiger partial charge is 0.0110 e. The van der Waals surface area contributed by atoms with Crippen molar-refractivity contribution < 1.29 is 0 Å². The Labute approximate surface area is 112 Å². The Hall–Kier alpha value is -0.520. The Morgan fingerprint density at radius 2 is 1.94 bits per heavy atom. The lowest BCUT2D eigenvalue weighted by atomic mass is 9.55. The van der Waals surface area contributed by atoms with E-state index in [-0.39, 0.29) is 0 Å². The molecule has 0 saturated heterocycles. The van der Waals surface area contributed by atoms with Crippen molar-refractivity contribution in [2.75, 3.05) is 0 Å². The summed E-state index contributed by atoms with van der Waals surface area (Å²) < 4.78 is 0. The van der Waals surface area contributed by atoms with Gasteiger partial charge >= 0.3 is 0 Å². The standard InChI is InChI=1S/C18H26/c1-18-11-4-7-17(18)16-9-8-13-5-2-3-6-14(13)15(16)10-12-18/h5,7,14-16H,2-4,6,8-12H2,1H3/t14-,15+,16+,18-/m0/s1. The molecular weight excluding hydrogens is 216 g/mol. The zero-order chi connectivity index (χ0) is 12.2. The van der Waals surface area contributed by atoms with Gasteiger partial charge in [0, 0.05) is 0 Å². The van der Waals surface area contributed by atoms with Crippen LogP contribution in [0.1, 0.15) is 64.7 Å². The van der Waals surface area contributed by atoms with E-state index >= 15 is 0 Å². The minimum absolute atomic E-state index is 0.608. The molecule has 4 aliphatic carbocycles. The van der Waals surface area contributed by atoms with Gasteiger partial charge in [-0.15, -0.1) is 0 Å². The quantitative estimate of drug-likeness (QED) is 0.508. The first-order valence-corrected chi connectivity index (χ1v) is 8.17. The van der Waals surface area contributed by atoms with Gasteiger partial charge in [-0.3, -0.25) is 0 Å². The van der Waals surface area contributed by atoms with Crippen LogP contribution in [0.2, 0.25) is 0 Å². The van der Waals surface area contributed by atoms with Crippen molar-refractivity contribution in [3.8, 4) is 0 Å². The number of rotatable bonds is 0. The molecule has 0 aliphatic heterocycles. The zero-order valence-corrected chi connectivity index (χ0v) is 11.8. The van der Waals surface area contributed by atoms with Crippen molar-refractivity contribution in [3.63, 3.8) is 0 Å². The fourth-order valence-electron chi connectivity index (χ4n) is 5.63. The molecule has 0 spiro atoms. The van der Waals surface area contributed by atoms with Crippen molar-refractivity contribution >= 4 is 0 Å². The van der Waals surface area contributed by atoms with Gasteiger partial charge < -0.3 is 0 Å². The molecule has 2 saturated carbocycles. The maximum Gasteiger partial charge on any atom is -0.0110 e. The van der Waals surface area contributed by atoms with Crippen molar-refractivity contribution in [1.82, 2.24) is 0 Å². The molecule has 4 atom stereocenters. The summed E-state index contributed by atoms with van der Waals surface area (Å²) in [6.45, 7) is 2.55. The van der Waals surface area contributed by atoms with Gasteiger partial charge in [0.2, 0.25) is 0 Å². The van der Waals surface area contributed by atoms with Gasteiger partial charge in [-0.05, 0) is 81.0 Å². The molecule has 0 bridgehead atoms. The van der Waals surface area contributed by atoms with E-state index in [0.29, 0.717) is 5.41 Å². The molecule has 0 nitrogen and oxygen atoms in total. The van der Waals surface area contributed by atoms with E-state index < -0.39 is 0 Å². The molecule has 4 rings (SSSR count). The van der Waals surface area contributed by atoms with Crippen LogP contribution < -0.4 is 0 Å². The Morgan fingerprint density at radius 1 is 1.00 bits per heavy atom. The van der Waals surface area contributed by atoms with E-state index in [0.717, 1.165) is 17.8 Å². The lowest BCUT2D eigenvalue weighted by Crippen LogP contribution is -2.40. The lowest BCUT2D eigenvalue weighted by molar-refractivity contribution is 0.116. The third kappa shape index (κ3) is 1.50. The summed E-state index contributed by atoms with van der Waals surface area (Å²) in [5, 5.41) is 0. The Balaban J connectivity index is 1.67. The highest BCUT2D eigenvalue weighted by Crippen LogP contribution is 2.59. The molecule has 0 N–H and O–H groups in total. The molecule has 0 amide bonds. The Bertz CT molecular complexity index is 414. The molecule has 2 fully saturated rings. The highest BCUT2D eigenvalue weighted by atomic mass is 14.5. The average molecular weight is 242 g/mol. The SMILES string of the molecule is C[C@@]12CCC=C1[C@@H]1CCC3=CCCC[C@@H]3[C@H]1CC2.